The summed E-state index contributed by atoms with van der Waals surface area (Å²) in [7, 11) is 0. The zero-order chi connectivity index (χ0) is 24.4. The van der Waals surface area contributed by atoms with E-state index in [-0.39, 0.29) is 18.5 Å². The molecule has 1 amide bonds. The molecule has 1 N–H and O–H groups in total. The molecule has 1 aliphatic rings. The number of carbonyl (C=O) groups is 1. The number of nitrogens with zero attached hydrogens (tertiary/aromatic N) is 4. The number of anilines is 1. The Labute approximate surface area is 210 Å². The molecular formula is C28H31N5OS. The van der Waals surface area contributed by atoms with Crippen LogP contribution in [0.1, 0.15) is 33.4 Å². The van der Waals surface area contributed by atoms with Crippen molar-refractivity contribution in [3.8, 4) is 0 Å². The number of nitrogens with one attached hydrogen (secondary N) is 1. The number of thiophene rings is 1. The Kier molecular flexibility index (Phi) is 6.79. The first kappa shape index (κ1) is 23.5. The highest BCUT2D eigenvalue weighted by molar-refractivity contribution is 7.18. The highest BCUT2D eigenvalue weighted by atomic mass is 32.1. The molecule has 35 heavy (non-hydrogen) atoms. The fourth-order valence-corrected chi connectivity index (χ4v) is 5.94. The first-order chi connectivity index (χ1) is 17.0. The van der Waals surface area contributed by atoms with E-state index >= 15 is 0 Å². The maximum Gasteiger partial charge on any atom is 0.242 e. The minimum atomic E-state index is 0.106. The smallest absolute Gasteiger partial charge is 0.242 e. The Morgan fingerprint density at radius 3 is 2.11 bits per heavy atom. The van der Waals surface area contributed by atoms with E-state index in [1.165, 1.54) is 21.6 Å². The van der Waals surface area contributed by atoms with E-state index in [0.29, 0.717) is 13.1 Å². The van der Waals surface area contributed by atoms with Gasteiger partial charge in [-0.1, -0.05) is 60.7 Å². The molecule has 1 saturated heterocycles. The van der Waals surface area contributed by atoms with Crippen LogP contribution in [0.2, 0.25) is 0 Å². The molecule has 2 aromatic heterocycles. The number of hydrogen-bond acceptors (Lipinski definition) is 6. The second kappa shape index (κ2) is 10.1. The number of carbonyl (C=O) groups excluding carboxylic acids is 1. The van der Waals surface area contributed by atoms with Crippen LogP contribution in [0, 0.1) is 20.8 Å². The lowest BCUT2D eigenvalue weighted by atomic mass is 9.96. The SMILES string of the molecule is Cc1nc(NCC(=O)N2CCN(C(c3ccccc3)c3ccccc3)CC2)c2c(C)c(C)sc2n1. The van der Waals surface area contributed by atoms with Gasteiger partial charge < -0.3 is 10.2 Å². The summed E-state index contributed by atoms with van der Waals surface area (Å²) in [5, 5.41) is 4.35. The number of hydrogen-bond donors (Lipinski definition) is 1. The summed E-state index contributed by atoms with van der Waals surface area (Å²) in [6.07, 6.45) is 0. The van der Waals surface area contributed by atoms with Crippen LogP contribution >= 0.6 is 11.3 Å². The van der Waals surface area contributed by atoms with Gasteiger partial charge in [-0.05, 0) is 37.5 Å². The molecule has 180 valence electrons. The van der Waals surface area contributed by atoms with E-state index in [2.05, 4.69) is 94.7 Å². The molecule has 6 nitrogen and oxygen atoms in total. The zero-order valence-electron chi connectivity index (χ0n) is 20.5. The molecule has 4 aromatic rings. The first-order valence-electron chi connectivity index (χ1n) is 12.1. The van der Waals surface area contributed by atoms with Crippen LogP contribution in [0.4, 0.5) is 5.82 Å². The highest BCUT2D eigenvalue weighted by Crippen LogP contribution is 2.33. The lowest BCUT2D eigenvalue weighted by molar-refractivity contribution is -0.131. The van der Waals surface area contributed by atoms with Crippen molar-refractivity contribution >= 4 is 33.3 Å². The van der Waals surface area contributed by atoms with Gasteiger partial charge >= 0.3 is 0 Å². The van der Waals surface area contributed by atoms with Crippen molar-refractivity contribution in [1.29, 1.82) is 0 Å². The third-order valence-electron chi connectivity index (χ3n) is 6.81. The number of aromatic nitrogens is 2. The average molecular weight is 486 g/mol. The van der Waals surface area contributed by atoms with Crippen molar-refractivity contribution in [2.75, 3.05) is 38.0 Å². The second-order valence-electron chi connectivity index (χ2n) is 9.08. The van der Waals surface area contributed by atoms with Gasteiger partial charge in [-0.15, -0.1) is 11.3 Å². The van der Waals surface area contributed by atoms with Gasteiger partial charge in [0, 0.05) is 31.1 Å². The van der Waals surface area contributed by atoms with Crippen LogP contribution in [0.25, 0.3) is 10.2 Å². The van der Waals surface area contributed by atoms with Crippen molar-refractivity contribution in [3.05, 3.63) is 88.1 Å². The largest absolute Gasteiger partial charge is 0.360 e. The summed E-state index contributed by atoms with van der Waals surface area (Å²) in [6.45, 7) is 9.42. The third-order valence-corrected chi connectivity index (χ3v) is 7.91. The van der Waals surface area contributed by atoms with E-state index in [9.17, 15) is 4.79 Å². The van der Waals surface area contributed by atoms with Gasteiger partial charge in [-0.25, -0.2) is 9.97 Å². The van der Waals surface area contributed by atoms with Crippen LogP contribution in [-0.4, -0.2) is 58.4 Å². The molecule has 0 atom stereocenters. The molecule has 5 rings (SSSR count). The lowest BCUT2D eigenvalue weighted by Gasteiger charge is -2.39. The Balaban J connectivity index is 1.26. The molecule has 0 aliphatic carbocycles. The second-order valence-corrected chi connectivity index (χ2v) is 10.3. The van der Waals surface area contributed by atoms with Gasteiger partial charge in [0.05, 0.1) is 18.0 Å². The maximum atomic E-state index is 13.1. The van der Waals surface area contributed by atoms with Gasteiger partial charge in [0.15, 0.2) is 0 Å². The number of benzene rings is 2. The number of rotatable bonds is 6. The number of amides is 1. The molecular weight excluding hydrogens is 454 g/mol. The van der Waals surface area contributed by atoms with Gasteiger partial charge in [0.25, 0.3) is 0 Å². The molecule has 0 saturated carbocycles. The summed E-state index contributed by atoms with van der Waals surface area (Å²) < 4.78 is 0. The van der Waals surface area contributed by atoms with Crippen molar-refractivity contribution in [2.45, 2.75) is 26.8 Å². The molecule has 1 aliphatic heterocycles. The predicted molar refractivity (Wildman–Crippen MR) is 143 cm³/mol. The number of aryl methyl sites for hydroxylation is 3. The van der Waals surface area contributed by atoms with Crippen molar-refractivity contribution in [1.82, 2.24) is 19.8 Å². The quantitative estimate of drug-likeness (QED) is 0.418. The van der Waals surface area contributed by atoms with Crippen molar-refractivity contribution in [3.63, 3.8) is 0 Å². The lowest BCUT2D eigenvalue weighted by Crippen LogP contribution is -2.51. The van der Waals surface area contributed by atoms with E-state index in [1.54, 1.807) is 11.3 Å². The van der Waals surface area contributed by atoms with E-state index in [0.717, 1.165) is 34.9 Å². The van der Waals surface area contributed by atoms with Crippen LogP contribution < -0.4 is 5.32 Å². The minimum absolute atomic E-state index is 0.106. The zero-order valence-corrected chi connectivity index (χ0v) is 21.3. The molecule has 0 unspecified atom stereocenters. The van der Waals surface area contributed by atoms with Gasteiger partial charge in [0.1, 0.15) is 16.5 Å². The maximum absolute atomic E-state index is 13.1. The third kappa shape index (κ3) is 4.92. The van der Waals surface area contributed by atoms with Crippen LogP contribution in [0.15, 0.2) is 60.7 Å². The highest BCUT2D eigenvalue weighted by Gasteiger charge is 2.28. The Hall–Kier alpha value is -3.29. The van der Waals surface area contributed by atoms with E-state index in [1.807, 2.05) is 11.8 Å². The molecule has 0 radical (unpaired) electrons. The van der Waals surface area contributed by atoms with Crippen molar-refractivity contribution in [2.24, 2.45) is 0 Å². The summed E-state index contributed by atoms with van der Waals surface area (Å²) in [5.41, 5.74) is 3.75. The summed E-state index contributed by atoms with van der Waals surface area (Å²) >= 11 is 1.68. The first-order valence-corrected chi connectivity index (χ1v) is 12.9. The Morgan fingerprint density at radius 1 is 0.914 bits per heavy atom. The van der Waals surface area contributed by atoms with Crippen LogP contribution in [0.3, 0.4) is 0 Å². The van der Waals surface area contributed by atoms with Gasteiger partial charge in [0.2, 0.25) is 5.91 Å². The summed E-state index contributed by atoms with van der Waals surface area (Å²) in [4.78, 5) is 28.9. The Morgan fingerprint density at radius 2 is 1.51 bits per heavy atom. The molecule has 3 heterocycles. The topological polar surface area (TPSA) is 61.4 Å². The fraction of sp³-hybridized carbons (Fsp3) is 0.321. The Bertz CT molecular complexity index is 1270. The molecule has 1 fully saturated rings. The van der Waals surface area contributed by atoms with Gasteiger partial charge in [-0.2, -0.15) is 0 Å². The minimum Gasteiger partial charge on any atom is -0.360 e. The molecule has 0 spiro atoms. The average Bonchev–Trinajstić information content (AvgIpc) is 3.17. The molecule has 2 aromatic carbocycles. The predicted octanol–water partition coefficient (Wildman–Crippen LogP) is 4.96. The number of fused-ring (bicyclic) bond motifs is 1. The normalized spacial score (nSPS) is 14.6. The molecule has 7 heteroatoms. The molecule has 0 bridgehead atoms. The van der Waals surface area contributed by atoms with Crippen LogP contribution in [-0.2, 0) is 4.79 Å². The van der Waals surface area contributed by atoms with E-state index < -0.39 is 0 Å². The summed E-state index contributed by atoms with van der Waals surface area (Å²) in [5.74, 6) is 1.58. The van der Waals surface area contributed by atoms with Crippen molar-refractivity contribution < 1.29 is 4.79 Å². The van der Waals surface area contributed by atoms with Gasteiger partial charge in [-0.3, -0.25) is 9.69 Å². The number of piperazine rings is 1. The van der Waals surface area contributed by atoms with Crippen LogP contribution in [0.5, 0.6) is 0 Å². The monoisotopic (exact) mass is 485 g/mol. The van der Waals surface area contributed by atoms with E-state index in [4.69, 9.17) is 0 Å². The standard InChI is InChI=1S/C28H31N5OS/c1-19-20(2)35-28-25(19)27(30-21(3)31-28)29-18-24(34)32-14-16-33(17-15-32)26(22-10-6-4-7-11-22)23-12-8-5-9-13-23/h4-13,26H,14-18H2,1-3H3,(H,29,30,31). The summed E-state index contributed by atoms with van der Waals surface area (Å²) in [6, 6.07) is 21.5. The fourth-order valence-electron chi connectivity index (χ4n) is 4.87.